The molecule has 0 bridgehead atoms. The van der Waals surface area contributed by atoms with Crippen LogP contribution in [0.5, 0.6) is 0 Å². The average Bonchev–Trinajstić information content (AvgIpc) is 3.11. The van der Waals surface area contributed by atoms with E-state index in [4.69, 9.17) is 15.7 Å². The quantitative estimate of drug-likeness (QED) is 0.500. The van der Waals surface area contributed by atoms with Gasteiger partial charge in [-0.25, -0.2) is 4.98 Å². The van der Waals surface area contributed by atoms with Crippen LogP contribution in [0, 0.1) is 13.8 Å². The highest BCUT2D eigenvalue weighted by atomic mass is 15.1. The lowest BCUT2D eigenvalue weighted by Gasteiger charge is -2.33. The number of nitrogens with two attached hydrogens (primary N) is 1. The van der Waals surface area contributed by atoms with Crippen molar-refractivity contribution >= 4 is 22.2 Å². The van der Waals surface area contributed by atoms with E-state index in [0.29, 0.717) is 12.0 Å². The zero-order valence-electron chi connectivity index (χ0n) is 18.9. The number of aromatic nitrogens is 3. The number of imidazole rings is 1. The van der Waals surface area contributed by atoms with Crippen molar-refractivity contribution in [1.82, 2.24) is 14.4 Å². The first-order valence-electron chi connectivity index (χ1n) is 11.3. The highest BCUT2D eigenvalue weighted by molar-refractivity contribution is 5.85. The van der Waals surface area contributed by atoms with Gasteiger partial charge in [0.25, 0.3) is 0 Å². The number of nitrogens with zero attached hydrogens (tertiary/aromatic N) is 4. The van der Waals surface area contributed by atoms with Crippen molar-refractivity contribution in [3.63, 3.8) is 0 Å². The summed E-state index contributed by atoms with van der Waals surface area (Å²) in [6.07, 6.45) is 4.08. The molecule has 2 aromatic carbocycles. The van der Waals surface area contributed by atoms with Gasteiger partial charge in [0.05, 0.1) is 28.4 Å². The Morgan fingerprint density at radius 3 is 2.39 bits per heavy atom. The Balaban J connectivity index is 1.59. The normalized spacial score (nSPS) is 15.5. The zero-order valence-corrected chi connectivity index (χ0v) is 18.9. The van der Waals surface area contributed by atoms with Crippen LogP contribution in [0.4, 0.5) is 5.69 Å². The van der Waals surface area contributed by atoms with E-state index in [1.807, 2.05) is 6.20 Å². The maximum atomic E-state index is 6.09. The van der Waals surface area contributed by atoms with E-state index < -0.39 is 0 Å². The topological polar surface area (TPSA) is 59.5 Å². The maximum absolute atomic E-state index is 6.09. The molecule has 2 aromatic heterocycles. The van der Waals surface area contributed by atoms with Gasteiger partial charge in [-0.05, 0) is 67.6 Å². The largest absolute Gasteiger partial charge is 0.371 e. The van der Waals surface area contributed by atoms with Crippen LogP contribution >= 0.6 is 0 Å². The molecule has 1 aliphatic rings. The fraction of sp³-hybridized carbons (Fsp3) is 0.385. The Labute approximate surface area is 183 Å². The molecule has 160 valence electrons. The highest BCUT2D eigenvalue weighted by Gasteiger charge is 2.18. The molecular formula is C26H31N5. The molecule has 4 aromatic rings. The predicted octanol–water partition coefficient (Wildman–Crippen LogP) is 5.22. The Kier molecular flexibility index (Phi) is 4.94. The first-order chi connectivity index (χ1) is 14.9. The van der Waals surface area contributed by atoms with Crippen molar-refractivity contribution < 1.29 is 0 Å². The number of hydrogen-bond donors (Lipinski definition) is 1. The molecule has 0 atom stereocenters. The Morgan fingerprint density at radius 1 is 0.968 bits per heavy atom. The van der Waals surface area contributed by atoms with Crippen LogP contribution in [-0.2, 0) is 0 Å². The van der Waals surface area contributed by atoms with E-state index in [2.05, 4.69) is 73.4 Å². The minimum absolute atomic E-state index is 0.342. The molecule has 1 saturated heterocycles. The smallest absolute Gasteiger partial charge is 0.116 e. The fourth-order valence-electron chi connectivity index (χ4n) is 4.81. The third-order valence-electron chi connectivity index (χ3n) is 6.59. The van der Waals surface area contributed by atoms with E-state index in [1.54, 1.807) is 0 Å². The van der Waals surface area contributed by atoms with Crippen molar-refractivity contribution in [2.24, 2.45) is 5.73 Å². The number of fused-ring (bicyclic) bond motifs is 3. The molecule has 0 saturated carbocycles. The monoisotopic (exact) mass is 413 g/mol. The van der Waals surface area contributed by atoms with Crippen LogP contribution in [0.1, 0.15) is 49.7 Å². The van der Waals surface area contributed by atoms with Crippen LogP contribution in [-0.4, -0.2) is 33.5 Å². The van der Waals surface area contributed by atoms with Crippen LogP contribution in [0.2, 0.25) is 0 Å². The summed E-state index contributed by atoms with van der Waals surface area (Å²) >= 11 is 0. The molecule has 1 aliphatic heterocycles. The maximum Gasteiger partial charge on any atom is 0.116 e. The second-order valence-electron chi connectivity index (χ2n) is 9.22. The molecule has 1 fully saturated rings. The summed E-state index contributed by atoms with van der Waals surface area (Å²) in [7, 11) is 0. The van der Waals surface area contributed by atoms with E-state index >= 15 is 0 Å². The van der Waals surface area contributed by atoms with Gasteiger partial charge in [-0.2, -0.15) is 0 Å². The minimum atomic E-state index is 0.342. The number of hydrogen-bond acceptors (Lipinski definition) is 4. The average molecular weight is 414 g/mol. The van der Waals surface area contributed by atoms with Crippen LogP contribution in [0.15, 0.2) is 42.6 Å². The van der Waals surface area contributed by atoms with Crippen molar-refractivity contribution in [2.45, 2.75) is 52.5 Å². The van der Waals surface area contributed by atoms with Crippen molar-refractivity contribution in [2.75, 3.05) is 18.0 Å². The van der Waals surface area contributed by atoms with Crippen LogP contribution < -0.4 is 10.6 Å². The van der Waals surface area contributed by atoms with Gasteiger partial charge in [0.15, 0.2) is 0 Å². The van der Waals surface area contributed by atoms with Gasteiger partial charge in [-0.15, -0.1) is 0 Å². The molecule has 0 aliphatic carbocycles. The van der Waals surface area contributed by atoms with Gasteiger partial charge < -0.3 is 10.6 Å². The van der Waals surface area contributed by atoms with Gasteiger partial charge in [0, 0.05) is 30.7 Å². The van der Waals surface area contributed by atoms with Crippen LogP contribution in [0.25, 0.3) is 27.7 Å². The van der Waals surface area contributed by atoms with Gasteiger partial charge in [0.1, 0.15) is 5.82 Å². The summed E-state index contributed by atoms with van der Waals surface area (Å²) in [5.41, 5.74) is 15.4. The molecule has 0 amide bonds. The Morgan fingerprint density at radius 2 is 1.68 bits per heavy atom. The molecule has 5 rings (SSSR count). The molecule has 2 N–H and O–H groups in total. The summed E-state index contributed by atoms with van der Waals surface area (Å²) in [4.78, 5) is 12.0. The summed E-state index contributed by atoms with van der Waals surface area (Å²) in [6.45, 7) is 10.7. The first kappa shape index (κ1) is 20.0. The third kappa shape index (κ3) is 3.47. The lowest BCUT2D eigenvalue weighted by atomic mass is 9.99. The van der Waals surface area contributed by atoms with Gasteiger partial charge >= 0.3 is 0 Å². The summed E-state index contributed by atoms with van der Waals surface area (Å²) in [6, 6.07) is 13.7. The Bertz CT molecular complexity index is 1260. The molecule has 0 radical (unpaired) electrons. The highest BCUT2D eigenvalue weighted by Crippen LogP contribution is 2.31. The predicted molar refractivity (Wildman–Crippen MR) is 129 cm³/mol. The number of benzene rings is 2. The van der Waals surface area contributed by atoms with Crippen molar-refractivity contribution in [3.8, 4) is 11.1 Å². The zero-order chi connectivity index (χ0) is 21.7. The molecule has 0 spiro atoms. The summed E-state index contributed by atoms with van der Waals surface area (Å²) in [5, 5.41) is 0. The van der Waals surface area contributed by atoms with E-state index in [0.717, 1.165) is 54.0 Å². The number of piperidine rings is 1. The standard InChI is InChI=1S/C26H31N5/c1-16(2)26-29-18(4)25-15-28-22-7-5-20(14-24(22)31(25)26)19-6-8-23(17(3)13-19)30-11-9-21(27)10-12-30/h5-8,13-16,21H,9-12,27H2,1-4H3. The second-order valence-corrected chi connectivity index (χ2v) is 9.22. The molecule has 3 heterocycles. The number of rotatable bonds is 3. The lowest BCUT2D eigenvalue weighted by Crippen LogP contribution is -2.39. The molecule has 5 nitrogen and oxygen atoms in total. The van der Waals surface area contributed by atoms with Gasteiger partial charge in [-0.3, -0.25) is 9.38 Å². The van der Waals surface area contributed by atoms with Gasteiger partial charge in [-0.1, -0.05) is 26.0 Å². The molecule has 5 heteroatoms. The minimum Gasteiger partial charge on any atom is -0.371 e. The fourth-order valence-corrected chi connectivity index (χ4v) is 4.81. The van der Waals surface area contributed by atoms with E-state index in [9.17, 15) is 0 Å². The van der Waals surface area contributed by atoms with Crippen molar-refractivity contribution in [3.05, 3.63) is 59.7 Å². The molecular weight excluding hydrogens is 382 g/mol. The number of aryl methyl sites for hydroxylation is 2. The molecule has 0 unspecified atom stereocenters. The number of anilines is 1. The second kappa shape index (κ2) is 7.65. The summed E-state index contributed by atoms with van der Waals surface area (Å²) < 4.78 is 2.28. The first-order valence-corrected chi connectivity index (χ1v) is 11.3. The SMILES string of the molecule is Cc1cc(-c2ccc3ncc4c(C)nc(C(C)C)n4c3c2)ccc1N1CCC(N)CC1. The van der Waals surface area contributed by atoms with Crippen LogP contribution in [0.3, 0.4) is 0 Å². The summed E-state index contributed by atoms with van der Waals surface area (Å²) in [5.74, 6) is 1.43. The Hall–Kier alpha value is -2.92. The van der Waals surface area contributed by atoms with E-state index in [1.165, 1.54) is 22.4 Å². The third-order valence-corrected chi connectivity index (χ3v) is 6.59. The van der Waals surface area contributed by atoms with Crippen molar-refractivity contribution in [1.29, 1.82) is 0 Å². The molecule has 31 heavy (non-hydrogen) atoms. The van der Waals surface area contributed by atoms with Gasteiger partial charge in [0.2, 0.25) is 0 Å². The lowest BCUT2D eigenvalue weighted by molar-refractivity contribution is 0.501. The van der Waals surface area contributed by atoms with E-state index in [-0.39, 0.29) is 0 Å².